The molecule has 21 heavy (non-hydrogen) atoms. The first kappa shape index (κ1) is 12.7. The van der Waals surface area contributed by atoms with E-state index in [0.29, 0.717) is 6.04 Å². The lowest BCUT2D eigenvalue weighted by atomic mass is 10.1. The van der Waals surface area contributed by atoms with Gasteiger partial charge in [-0.3, -0.25) is 4.90 Å². The standard InChI is InChI=1S/C17H19N3O/c1-2-6-17-16(5-1)14(12-21-17)10-20-8-3-4-15(20)11-19-9-7-18-13-19/h1-2,5-7,9,12-13,15H,3-4,8,10-11H2/t15-/m1/s1. The molecule has 0 aliphatic carbocycles. The molecule has 0 radical (unpaired) electrons. The van der Waals surface area contributed by atoms with Gasteiger partial charge in [0.1, 0.15) is 5.58 Å². The Morgan fingerprint density at radius 2 is 2.24 bits per heavy atom. The van der Waals surface area contributed by atoms with E-state index >= 15 is 0 Å². The van der Waals surface area contributed by atoms with Crippen molar-refractivity contribution in [2.45, 2.75) is 32.0 Å². The van der Waals surface area contributed by atoms with Crippen molar-refractivity contribution in [2.24, 2.45) is 0 Å². The van der Waals surface area contributed by atoms with E-state index < -0.39 is 0 Å². The molecular formula is C17H19N3O. The molecule has 1 aliphatic rings. The summed E-state index contributed by atoms with van der Waals surface area (Å²) >= 11 is 0. The maximum atomic E-state index is 5.66. The Morgan fingerprint density at radius 3 is 3.14 bits per heavy atom. The third-order valence-electron chi connectivity index (χ3n) is 4.41. The van der Waals surface area contributed by atoms with Crippen LogP contribution in [-0.4, -0.2) is 27.0 Å². The molecule has 0 bridgehead atoms. The first-order valence-corrected chi connectivity index (χ1v) is 7.55. The second-order valence-electron chi connectivity index (χ2n) is 5.78. The van der Waals surface area contributed by atoms with Gasteiger partial charge in [-0.25, -0.2) is 4.98 Å². The molecule has 1 aromatic carbocycles. The third kappa shape index (κ3) is 2.47. The van der Waals surface area contributed by atoms with Crippen molar-refractivity contribution >= 4 is 11.0 Å². The molecule has 108 valence electrons. The van der Waals surface area contributed by atoms with Crippen LogP contribution in [-0.2, 0) is 13.1 Å². The van der Waals surface area contributed by atoms with Gasteiger partial charge in [-0.05, 0) is 25.5 Å². The number of para-hydroxylation sites is 1. The van der Waals surface area contributed by atoms with Gasteiger partial charge in [0.15, 0.2) is 0 Å². The quantitative estimate of drug-likeness (QED) is 0.736. The lowest BCUT2D eigenvalue weighted by Gasteiger charge is -2.24. The molecule has 1 saturated heterocycles. The van der Waals surface area contributed by atoms with Gasteiger partial charge >= 0.3 is 0 Å². The lowest BCUT2D eigenvalue weighted by Crippen LogP contribution is -2.32. The first-order valence-electron chi connectivity index (χ1n) is 7.55. The van der Waals surface area contributed by atoms with Crippen LogP contribution in [0.2, 0.25) is 0 Å². The van der Waals surface area contributed by atoms with E-state index in [4.69, 9.17) is 4.42 Å². The number of likely N-dealkylation sites (tertiary alicyclic amines) is 1. The van der Waals surface area contributed by atoms with Gasteiger partial charge in [0.2, 0.25) is 0 Å². The summed E-state index contributed by atoms with van der Waals surface area (Å²) in [6, 6.07) is 8.87. The van der Waals surface area contributed by atoms with Crippen molar-refractivity contribution in [1.82, 2.24) is 14.5 Å². The van der Waals surface area contributed by atoms with Crippen molar-refractivity contribution in [2.75, 3.05) is 6.54 Å². The topological polar surface area (TPSA) is 34.2 Å². The summed E-state index contributed by atoms with van der Waals surface area (Å²) in [4.78, 5) is 6.70. The highest BCUT2D eigenvalue weighted by Crippen LogP contribution is 2.26. The molecule has 0 N–H and O–H groups in total. The Bertz CT molecular complexity index is 717. The smallest absolute Gasteiger partial charge is 0.134 e. The largest absolute Gasteiger partial charge is 0.464 e. The van der Waals surface area contributed by atoms with Crippen molar-refractivity contribution in [3.8, 4) is 0 Å². The van der Waals surface area contributed by atoms with Crippen molar-refractivity contribution in [1.29, 1.82) is 0 Å². The van der Waals surface area contributed by atoms with Crippen LogP contribution >= 0.6 is 0 Å². The average Bonchev–Trinajstić information content (AvgIpc) is 3.23. The molecule has 4 nitrogen and oxygen atoms in total. The molecule has 3 heterocycles. The molecule has 4 heteroatoms. The second kappa shape index (κ2) is 5.37. The fourth-order valence-corrected chi connectivity index (χ4v) is 3.32. The van der Waals surface area contributed by atoms with Crippen LogP contribution in [0.1, 0.15) is 18.4 Å². The van der Waals surface area contributed by atoms with Crippen molar-refractivity contribution < 1.29 is 4.42 Å². The zero-order valence-corrected chi connectivity index (χ0v) is 12.0. The predicted molar refractivity (Wildman–Crippen MR) is 81.9 cm³/mol. The van der Waals surface area contributed by atoms with E-state index in [9.17, 15) is 0 Å². The molecule has 0 saturated carbocycles. The minimum absolute atomic E-state index is 0.591. The van der Waals surface area contributed by atoms with Gasteiger partial charge in [0.05, 0.1) is 12.6 Å². The van der Waals surface area contributed by atoms with Gasteiger partial charge < -0.3 is 8.98 Å². The minimum Gasteiger partial charge on any atom is -0.464 e. The highest BCUT2D eigenvalue weighted by molar-refractivity contribution is 5.80. The average molecular weight is 281 g/mol. The molecule has 1 fully saturated rings. The molecule has 0 spiro atoms. The number of nitrogens with zero attached hydrogens (tertiary/aromatic N) is 3. The second-order valence-corrected chi connectivity index (χ2v) is 5.78. The van der Waals surface area contributed by atoms with Crippen LogP contribution < -0.4 is 0 Å². The Morgan fingerprint density at radius 1 is 1.29 bits per heavy atom. The number of rotatable bonds is 4. The molecule has 3 aromatic rings. The maximum Gasteiger partial charge on any atom is 0.134 e. The summed E-state index contributed by atoms with van der Waals surface area (Å²) in [5.74, 6) is 0. The summed E-state index contributed by atoms with van der Waals surface area (Å²) in [6.07, 6.45) is 10.2. The number of aromatic nitrogens is 2. The van der Waals surface area contributed by atoms with E-state index in [2.05, 4.69) is 26.6 Å². The summed E-state index contributed by atoms with van der Waals surface area (Å²) in [5.41, 5.74) is 2.28. The van der Waals surface area contributed by atoms with Gasteiger partial charge in [0.25, 0.3) is 0 Å². The monoisotopic (exact) mass is 281 g/mol. The van der Waals surface area contributed by atoms with Crippen LogP contribution in [0.25, 0.3) is 11.0 Å². The Kier molecular flexibility index (Phi) is 3.24. The summed E-state index contributed by atoms with van der Waals surface area (Å²) in [5, 5.41) is 1.24. The van der Waals surface area contributed by atoms with Crippen LogP contribution in [0.4, 0.5) is 0 Å². The van der Waals surface area contributed by atoms with Crippen LogP contribution in [0.5, 0.6) is 0 Å². The zero-order chi connectivity index (χ0) is 14.1. The number of furan rings is 1. The van der Waals surface area contributed by atoms with Gasteiger partial charge in [-0.2, -0.15) is 0 Å². The number of hydrogen-bond acceptors (Lipinski definition) is 3. The third-order valence-corrected chi connectivity index (χ3v) is 4.41. The molecule has 2 aromatic heterocycles. The van der Waals surface area contributed by atoms with Crippen molar-refractivity contribution in [3.63, 3.8) is 0 Å². The fourth-order valence-electron chi connectivity index (χ4n) is 3.32. The normalized spacial score (nSPS) is 19.5. The molecule has 1 atom stereocenters. The Labute approximate surface area is 124 Å². The highest BCUT2D eigenvalue weighted by Gasteiger charge is 2.25. The number of fused-ring (bicyclic) bond motifs is 1. The summed E-state index contributed by atoms with van der Waals surface area (Å²) in [6.45, 7) is 3.16. The minimum atomic E-state index is 0.591. The van der Waals surface area contributed by atoms with Gasteiger partial charge in [0, 0.05) is 42.5 Å². The first-order chi connectivity index (χ1) is 10.4. The molecule has 0 unspecified atom stereocenters. The summed E-state index contributed by atoms with van der Waals surface area (Å²) in [7, 11) is 0. The lowest BCUT2D eigenvalue weighted by molar-refractivity contribution is 0.224. The zero-order valence-electron chi connectivity index (χ0n) is 12.0. The molecule has 0 amide bonds. The maximum absolute atomic E-state index is 5.66. The summed E-state index contributed by atoms with van der Waals surface area (Å²) < 4.78 is 7.84. The Balaban J connectivity index is 1.53. The van der Waals surface area contributed by atoms with Gasteiger partial charge in [-0.1, -0.05) is 18.2 Å². The van der Waals surface area contributed by atoms with Crippen molar-refractivity contribution in [3.05, 3.63) is 54.8 Å². The number of benzene rings is 1. The van der Waals surface area contributed by atoms with E-state index in [0.717, 1.165) is 18.7 Å². The highest BCUT2D eigenvalue weighted by atomic mass is 16.3. The SMILES string of the molecule is c1ccc2c(CN3CCC[C@@H]3Cn3ccnc3)coc2c1. The van der Waals surface area contributed by atoms with Crippen LogP contribution in [0.3, 0.4) is 0 Å². The molecule has 4 rings (SSSR count). The van der Waals surface area contributed by atoms with E-state index in [-0.39, 0.29) is 0 Å². The molecular weight excluding hydrogens is 262 g/mol. The van der Waals surface area contributed by atoms with Crippen LogP contribution in [0, 0.1) is 0 Å². The van der Waals surface area contributed by atoms with Crippen LogP contribution in [0.15, 0.2) is 53.7 Å². The fraction of sp³-hybridized carbons (Fsp3) is 0.353. The molecule has 1 aliphatic heterocycles. The number of hydrogen-bond donors (Lipinski definition) is 0. The number of imidazole rings is 1. The Hall–Kier alpha value is -2.07. The predicted octanol–water partition coefficient (Wildman–Crippen LogP) is 3.29. The van der Waals surface area contributed by atoms with Gasteiger partial charge in [-0.15, -0.1) is 0 Å². The van der Waals surface area contributed by atoms with E-state index in [1.165, 1.54) is 30.3 Å². The van der Waals surface area contributed by atoms with E-state index in [1.54, 1.807) is 0 Å². The van der Waals surface area contributed by atoms with E-state index in [1.807, 2.05) is 37.1 Å².